The molecule has 2 heterocycles. The number of aryl methyl sites for hydroxylation is 2. The van der Waals surface area contributed by atoms with Gasteiger partial charge in [0.15, 0.2) is 0 Å². The maximum Gasteiger partial charge on any atom is 0.373 e. The normalized spacial score (nSPS) is 14.8. The molecule has 1 N–H and O–H groups in total. The second-order valence-electron chi connectivity index (χ2n) is 4.81. The lowest BCUT2D eigenvalue weighted by molar-refractivity contribution is 0.0661. The largest absolute Gasteiger partial charge is 0.475 e. The summed E-state index contributed by atoms with van der Waals surface area (Å²) < 4.78 is 7.10. The predicted molar refractivity (Wildman–Crippen MR) is 67.0 cm³/mol. The minimum atomic E-state index is -1.06. The Morgan fingerprint density at radius 2 is 2.32 bits per heavy atom. The molecule has 0 saturated heterocycles. The number of hydrogen-bond acceptors (Lipinski definition) is 4. The van der Waals surface area contributed by atoms with E-state index in [4.69, 9.17) is 9.52 Å². The van der Waals surface area contributed by atoms with Crippen molar-refractivity contribution < 1.29 is 14.3 Å². The van der Waals surface area contributed by atoms with E-state index in [1.165, 1.54) is 0 Å². The van der Waals surface area contributed by atoms with Crippen LogP contribution in [0.3, 0.4) is 0 Å². The van der Waals surface area contributed by atoms with Gasteiger partial charge in [-0.25, -0.2) is 9.78 Å². The van der Waals surface area contributed by atoms with E-state index in [2.05, 4.69) is 10.1 Å². The van der Waals surface area contributed by atoms with Crippen LogP contribution in [0.4, 0.5) is 0 Å². The number of oxazole rings is 1. The lowest BCUT2D eigenvalue weighted by atomic mass is 10.2. The molecule has 0 amide bonds. The lowest BCUT2D eigenvalue weighted by Gasteiger charge is -1.94. The second kappa shape index (κ2) is 4.22. The summed E-state index contributed by atoms with van der Waals surface area (Å²) in [7, 11) is 1.80. The molecular formula is C13H15N3O3. The van der Waals surface area contributed by atoms with E-state index in [0.717, 1.165) is 25.0 Å². The van der Waals surface area contributed by atoms with Crippen molar-refractivity contribution in [2.75, 3.05) is 0 Å². The van der Waals surface area contributed by atoms with Gasteiger partial charge in [-0.1, -0.05) is 6.92 Å². The first-order valence-corrected chi connectivity index (χ1v) is 6.37. The standard InChI is InChI=1S/C13H15N3O3/c1-3-8-6-9(16(2)15-8)12-14-10(7-4-5-7)11(19-12)13(17)18/h6-7H,3-5H2,1-2H3,(H,17,18). The third-order valence-electron chi connectivity index (χ3n) is 3.32. The van der Waals surface area contributed by atoms with Gasteiger partial charge in [-0.15, -0.1) is 0 Å². The van der Waals surface area contributed by atoms with Crippen LogP contribution in [-0.4, -0.2) is 25.8 Å². The van der Waals surface area contributed by atoms with Gasteiger partial charge in [-0.3, -0.25) is 4.68 Å². The Morgan fingerprint density at radius 3 is 2.84 bits per heavy atom. The van der Waals surface area contributed by atoms with Crippen LogP contribution in [0, 0.1) is 0 Å². The zero-order valence-corrected chi connectivity index (χ0v) is 10.9. The summed E-state index contributed by atoms with van der Waals surface area (Å²) in [6, 6.07) is 1.88. The molecule has 3 rings (SSSR count). The van der Waals surface area contributed by atoms with Gasteiger partial charge in [-0.2, -0.15) is 5.10 Å². The van der Waals surface area contributed by atoms with Crippen molar-refractivity contribution in [1.29, 1.82) is 0 Å². The van der Waals surface area contributed by atoms with Crippen molar-refractivity contribution in [3.8, 4) is 11.6 Å². The maximum absolute atomic E-state index is 11.2. The Bertz CT molecular complexity index is 638. The molecule has 19 heavy (non-hydrogen) atoms. The van der Waals surface area contributed by atoms with Crippen LogP contribution in [0.25, 0.3) is 11.6 Å². The van der Waals surface area contributed by atoms with Gasteiger partial charge in [0, 0.05) is 13.0 Å². The number of carboxylic acids is 1. The Hall–Kier alpha value is -2.11. The number of carboxylic acid groups (broad SMARTS) is 1. The molecule has 0 aliphatic heterocycles. The summed E-state index contributed by atoms with van der Waals surface area (Å²) in [6.45, 7) is 2.01. The molecule has 0 atom stereocenters. The fourth-order valence-corrected chi connectivity index (χ4v) is 2.13. The van der Waals surface area contributed by atoms with Crippen LogP contribution in [-0.2, 0) is 13.5 Å². The zero-order chi connectivity index (χ0) is 13.6. The van der Waals surface area contributed by atoms with Crippen molar-refractivity contribution in [2.24, 2.45) is 7.05 Å². The van der Waals surface area contributed by atoms with Crippen molar-refractivity contribution in [3.05, 3.63) is 23.2 Å². The van der Waals surface area contributed by atoms with Gasteiger partial charge < -0.3 is 9.52 Å². The molecular weight excluding hydrogens is 246 g/mol. The lowest BCUT2D eigenvalue weighted by Crippen LogP contribution is -1.98. The van der Waals surface area contributed by atoms with E-state index in [1.807, 2.05) is 13.0 Å². The summed E-state index contributed by atoms with van der Waals surface area (Å²) in [5, 5.41) is 13.5. The molecule has 0 unspecified atom stereocenters. The molecule has 0 radical (unpaired) electrons. The summed E-state index contributed by atoms with van der Waals surface area (Å²) in [5.41, 5.74) is 2.22. The molecule has 6 nitrogen and oxygen atoms in total. The molecule has 1 fully saturated rings. The Morgan fingerprint density at radius 1 is 1.58 bits per heavy atom. The van der Waals surface area contributed by atoms with Crippen LogP contribution in [0.15, 0.2) is 10.5 Å². The van der Waals surface area contributed by atoms with Gasteiger partial charge in [0.1, 0.15) is 5.69 Å². The van der Waals surface area contributed by atoms with Crippen molar-refractivity contribution in [2.45, 2.75) is 32.1 Å². The fraction of sp³-hybridized carbons (Fsp3) is 0.462. The first-order chi connectivity index (χ1) is 9.10. The van der Waals surface area contributed by atoms with E-state index in [0.29, 0.717) is 17.3 Å². The van der Waals surface area contributed by atoms with E-state index in [-0.39, 0.29) is 11.7 Å². The highest BCUT2D eigenvalue weighted by Crippen LogP contribution is 2.42. The molecule has 100 valence electrons. The number of carbonyl (C=O) groups is 1. The fourth-order valence-electron chi connectivity index (χ4n) is 2.13. The third kappa shape index (κ3) is 2.03. The van der Waals surface area contributed by atoms with Crippen LogP contribution < -0.4 is 0 Å². The van der Waals surface area contributed by atoms with Crippen LogP contribution in [0.2, 0.25) is 0 Å². The topological polar surface area (TPSA) is 81.1 Å². The highest BCUT2D eigenvalue weighted by molar-refractivity contribution is 5.86. The molecule has 6 heteroatoms. The van der Waals surface area contributed by atoms with E-state index in [1.54, 1.807) is 11.7 Å². The van der Waals surface area contributed by atoms with Crippen LogP contribution in [0.5, 0.6) is 0 Å². The Balaban J connectivity index is 2.07. The summed E-state index contributed by atoms with van der Waals surface area (Å²) in [4.78, 5) is 15.6. The number of aromatic nitrogens is 3. The van der Waals surface area contributed by atoms with E-state index in [9.17, 15) is 4.79 Å². The average molecular weight is 261 g/mol. The SMILES string of the molecule is CCc1cc(-c2nc(C3CC3)c(C(=O)O)o2)n(C)n1. The first-order valence-electron chi connectivity index (χ1n) is 6.37. The van der Waals surface area contributed by atoms with Crippen LogP contribution in [0.1, 0.15) is 47.6 Å². The molecule has 0 aromatic carbocycles. The summed E-state index contributed by atoms with van der Waals surface area (Å²) in [5.74, 6) is -0.508. The number of aromatic carboxylic acids is 1. The van der Waals surface area contributed by atoms with Gasteiger partial charge in [0.25, 0.3) is 0 Å². The van der Waals surface area contributed by atoms with Crippen LogP contribution >= 0.6 is 0 Å². The van der Waals surface area contributed by atoms with E-state index >= 15 is 0 Å². The molecule has 1 aliphatic carbocycles. The van der Waals surface area contributed by atoms with Crippen molar-refractivity contribution in [3.63, 3.8) is 0 Å². The van der Waals surface area contributed by atoms with Gasteiger partial charge in [-0.05, 0) is 25.3 Å². The molecule has 0 bridgehead atoms. The molecule has 2 aromatic heterocycles. The number of hydrogen-bond donors (Lipinski definition) is 1. The second-order valence-corrected chi connectivity index (χ2v) is 4.81. The zero-order valence-electron chi connectivity index (χ0n) is 10.9. The van der Waals surface area contributed by atoms with Gasteiger partial charge >= 0.3 is 5.97 Å². The number of nitrogens with zero attached hydrogens (tertiary/aromatic N) is 3. The monoisotopic (exact) mass is 261 g/mol. The first kappa shape index (κ1) is 12.0. The van der Waals surface area contributed by atoms with Crippen molar-refractivity contribution >= 4 is 5.97 Å². The molecule has 0 spiro atoms. The Labute approximate surface area is 110 Å². The smallest absolute Gasteiger partial charge is 0.373 e. The van der Waals surface area contributed by atoms with Crippen molar-refractivity contribution in [1.82, 2.24) is 14.8 Å². The predicted octanol–water partition coefficient (Wildman–Crippen LogP) is 2.21. The third-order valence-corrected chi connectivity index (χ3v) is 3.32. The molecule has 2 aromatic rings. The Kier molecular flexibility index (Phi) is 2.66. The number of rotatable bonds is 4. The summed E-state index contributed by atoms with van der Waals surface area (Å²) >= 11 is 0. The average Bonchev–Trinajstić information content (AvgIpc) is 3.01. The van der Waals surface area contributed by atoms with Gasteiger partial charge in [0.05, 0.1) is 11.4 Å². The highest BCUT2D eigenvalue weighted by Gasteiger charge is 2.34. The van der Waals surface area contributed by atoms with E-state index < -0.39 is 5.97 Å². The minimum absolute atomic E-state index is 0.0308. The minimum Gasteiger partial charge on any atom is -0.475 e. The van der Waals surface area contributed by atoms with Gasteiger partial charge in [0.2, 0.25) is 11.7 Å². The quantitative estimate of drug-likeness (QED) is 0.912. The maximum atomic E-state index is 11.2. The summed E-state index contributed by atoms with van der Waals surface area (Å²) in [6.07, 6.45) is 2.78. The molecule has 1 aliphatic rings. The molecule has 1 saturated carbocycles. The highest BCUT2D eigenvalue weighted by atomic mass is 16.4.